The van der Waals surface area contributed by atoms with Crippen molar-refractivity contribution in [3.8, 4) is 5.88 Å². The second-order valence-corrected chi connectivity index (χ2v) is 9.69. The number of carbonyl (C=O) groups excluding carboxylic acids is 1. The van der Waals surface area contributed by atoms with Gasteiger partial charge in [-0.05, 0) is 55.5 Å². The fourth-order valence-corrected chi connectivity index (χ4v) is 4.88. The van der Waals surface area contributed by atoms with Crippen molar-refractivity contribution in [2.45, 2.75) is 38.2 Å². The van der Waals surface area contributed by atoms with Crippen LogP contribution in [0.1, 0.15) is 32.7 Å². The molecule has 0 spiro atoms. The van der Waals surface area contributed by atoms with Crippen LogP contribution in [0, 0.1) is 0 Å². The molecule has 2 aliphatic heterocycles. The van der Waals surface area contributed by atoms with Crippen molar-refractivity contribution in [2.24, 2.45) is 0 Å². The second kappa shape index (κ2) is 14.2. The van der Waals surface area contributed by atoms with Gasteiger partial charge in [-0.1, -0.05) is 18.2 Å². The number of hydrogen-bond acceptors (Lipinski definition) is 9. The fourth-order valence-electron chi connectivity index (χ4n) is 4.88. The van der Waals surface area contributed by atoms with Gasteiger partial charge in [0, 0.05) is 25.4 Å². The van der Waals surface area contributed by atoms with Gasteiger partial charge in [-0.15, -0.1) is 0 Å². The number of aromatic nitrogens is 2. The molecule has 1 N–H and O–H groups in total. The molecule has 0 bridgehead atoms. The molecule has 3 aliphatic rings. The summed E-state index contributed by atoms with van der Waals surface area (Å²) < 4.78 is 22.4. The third-order valence-corrected chi connectivity index (χ3v) is 6.90. The first-order valence-electron chi connectivity index (χ1n) is 13.3. The summed E-state index contributed by atoms with van der Waals surface area (Å²) in [5, 5.41) is 9.28. The Balaban J connectivity index is 0.00000242. The van der Waals surface area contributed by atoms with Gasteiger partial charge in [0.1, 0.15) is 12.4 Å². The first-order valence-corrected chi connectivity index (χ1v) is 13.3. The number of rotatable bonds is 12. The molecule has 0 unspecified atom stereocenters. The number of aryl methyl sites for hydroxylation is 1. The van der Waals surface area contributed by atoms with Crippen molar-refractivity contribution in [1.82, 2.24) is 19.8 Å². The van der Waals surface area contributed by atoms with E-state index >= 15 is 0 Å². The number of methoxy groups -OCH3 is 1. The van der Waals surface area contributed by atoms with Gasteiger partial charge in [0.25, 0.3) is 0 Å². The Hall–Kier alpha value is -3.78. The molecule has 41 heavy (non-hydrogen) atoms. The summed E-state index contributed by atoms with van der Waals surface area (Å²) >= 11 is 0. The van der Waals surface area contributed by atoms with Crippen LogP contribution in [0.4, 0.5) is 4.79 Å². The zero-order chi connectivity index (χ0) is 27.9. The molecule has 1 atom stereocenters. The number of allylic oxidation sites excluding steroid dienone is 4. The largest absolute Gasteiger partial charge is 1.00 e. The second-order valence-electron chi connectivity index (χ2n) is 9.69. The van der Waals surface area contributed by atoms with Crippen molar-refractivity contribution in [3.63, 3.8) is 0 Å². The standard InChI is InChI=1S/C29H32N4O7.Li.H/c1-37-25-10-9-23-28(31-25)21(11-13-30-23)8-5-14-32(15-12-27(34)35)16-22-17-33(29(36)39-22)26-19-38-18-24(40-26)20-6-3-2-4-7-20;;/h2-3,6,9-11,13,18-19,22H,4-5,7-8,12,14-17H2,1H3,(H,34,35);;/q;+1;-1/t22-;;/m1../s1. The van der Waals surface area contributed by atoms with Crippen LogP contribution < -0.4 is 23.6 Å². The van der Waals surface area contributed by atoms with E-state index in [0.717, 1.165) is 47.9 Å². The van der Waals surface area contributed by atoms with Crippen LogP contribution in [0.2, 0.25) is 0 Å². The molecule has 0 aromatic carbocycles. The minimum Gasteiger partial charge on any atom is -1.00 e. The van der Waals surface area contributed by atoms with Crippen LogP contribution in [0.15, 0.2) is 72.4 Å². The predicted molar refractivity (Wildman–Crippen MR) is 146 cm³/mol. The number of pyridine rings is 2. The zero-order valence-corrected chi connectivity index (χ0v) is 23.3. The molecule has 1 amide bonds. The van der Waals surface area contributed by atoms with E-state index in [0.29, 0.717) is 31.3 Å². The van der Waals surface area contributed by atoms with Crippen molar-refractivity contribution < 1.29 is 53.9 Å². The molecule has 2 aromatic heterocycles. The predicted octanol–water partition coefficient (Wildman–Crippen LogP) is 1.25. The summed E-state index contributed by atoms with van der Waals surface area (Å²) in [6.45, 7) is 1.61. The van der Waals surface area contributed by atoms with Crippen LogP contribution >= 0.6 is 0 Å². The Morgan fingerprint density at radius 2 is 2.15 bits per heavy atom. The van der Waals surface area contributed by atoms with Crippen molar-refractivity contribution in [2.75, 3.05) is 33.3 Å². The van der Waals surface area contributed by atoms with Crippen LogP contribution in [0.25, 0.3) is 11.0 Å². The Morgan fingerprint density at radius 3 is 2.93 bits per heavy atom. The third kappa shape index (κ3) is 7.70. The normalized spacial score (nSPS) is 18.1. The molecule has 4 heterocycles. The monoisotopic (exact) mass is 556 g/mol. The Labute approximate surface area is 251 Å². The summed E-state index contributed by atoms with van der Waals surface area (Å²) in [4.78, 5) is 36.4. The number of carboxylic acids is 1. The average Bonchev–Trinajstić information content (AvgIpc) is 3.35. The summed E-state index contributed by atoms with van der Waals surface area (Å²) in [7, 11) is 1.58. The molecular weight excluding hydrogens is 523 g/mol. The van der Waals surface area contributed by atoms with Gasteiger partial charge in [-0.2, -0.15) is 0 Å². The fraction of sp³-hybridized carbons (Fsp3) is 0.379. The molecule has 1 fully saturated rings. The molecular formula is C29H33LiN4O7. The molecule has 12 heteroatoms. The van der Waals surface area contributed by atoms with Gasteiger partial charge < -0.3 is 25.5 Å². The van der Waals surface area contributed by atoms with Crippen LogP contribution in [-0.2, 0) is 25.4 Å². The molecule has 11 nitrogen and oxygen atoms in total. The first kappa shape index (κ1) is 30.2. The first-order chi connectivity index (χ1) is 19.5. The Kier molecular flexibility index (Phi) is 10.5. The number of aliphatic carboxylic acids is 1. The Bertz CT molecular complexity index is 1400. The van der Waals surface area contributed by atoms with E-state index in [1.165, 1.54) is 17.4 Å². The SMILES string of the molecule is COc1ccc2nccc(CCCN(CCC(=O)O)C[C@@H]3CN(C4=COC=C(C5=CC=CCC5)O4)C(=O)O3)c2n1.[H-].[Li+]. The number of amides is 1. The van der Waals surface area contributed by atoms with Gasteiger partial charge >= 0.3 is 30.9 Å². The summed E-state index contributed by atoms with van der Waals surface area (Å²) in [5.74, 6) is 0.479. The van der Waals surface area contributed by atoms with E-state index in [9.17, 15) is 14.7 Å². The van der Waals surface area contributed by atoms with E-state index in [1.54, 1.807) is 19.4 Å². The smallest absolute Gasteiger partial charge is 1.00 e. The maximum Gasteiger partial charge on any atom is 1.00 e. The summed E-state index contributed by atoms with van der Waals surface area (Å²) in [6.07, 6.45) is 12.9. The summed E-state index contributed by atoms with van der Waals surface area (Å²) in [5.41, 5.74) is 3.61. The van der Waals surface area contributed by atoms with Crippen LogP contribution in [0.5, 0.6) is 5.88 Å². The molecule has 1 saturated heterocycles. The average molecular weight is 557 g/mol. The van der Waals surface area contributed by atoms with Gasteiger partial charge in [-0.3, -0.25) is 14.7 Å². The molecule has 0 radical (unpaired) electrons. The zero-order valence-electron chi connectivity index (χ0n) is 24.3. The number of ether oxygens (including phenoxy) is 4. The van der Waals surface area contributed by atoms with Gasteiger partial charge in [-0.25, -0.2) is 14.7 Å². The molecule has 212 valence electrons. The van der Waals surface area contributed by atoms with E-state index in [4.69, 9.17) is 18.9 Å². The molecule has 0 saturated carbocycles. The maximum atomic E-state index is 12.7. The van der Waals surface area contributed by atoms with Gasteiger partial charge in [0.05, 0.1) is 31.1 Å². The number of fused-ring (bicyclic) bond motifs is 1. The molecule has 2 aromatic rings. The Morgan fingerprint density at radius 1 is 1.27 bits per heavy atom. The number of carbonyl (C=O) groups is 2. The van der Waals surface area contributed by atoms with E-state index in [1.807, 2.05) is 29.2 Å². The summed E-state index contributed by atoms with van der Waals surface area (Å²) in [6, 6.07) is 5.60. The number of cyclic esters (lactones) is 1. The molecule has 1 aliphatic carbocycles. The van der Waals surface area contributed by atoms with Crippen molar-refractivity contribution >= 4 is 23.1 Å². The van der Waals surface area contributed by atoms with Gasteiger partial charge in [0.2, 0.25) is 11.8 Å². The number of hydrogen-bond donors (Lipinski definition) is 1. The quantitative estimate of drug-likeness (QED) is 0.382. The number of nitrogens with zero attached hydrogens (tertiary/aromatic N) is 4. The van der Waals surface area contributed by atoms with Crippen LogP contribution in [-0.4, -0.2) is 76.3 Å². The van der Waals surface area contributed by atoms with E-state index in [-0.39, 0.29) is 39.1 Å². The van der Waals surface area contributed by atoms with E-state index in [2.05, 4.69) is 16.0 Å². The third-order valence-electron chi connectivity index (χ3n) is 6.90. The van der Waals surface area contributed by atoms with Gasteiger partial charge in [0.15, 0.2) is 12.0 Å². The topological polar surface area (TPSA) is 124 Å². The minimum absolute atomic E-state index is 0. The number of carboxylic acid groups (broad SMARTS) is 1. The van der Waals surface area contributed by atoms with Crippen LogP contribution in [0.3, 0.4) is 0 Å². The molecule has 5 rings (SSSR count). The minimum atomic E-state index is -0.879. The van der Waals surface area contributed by atoms with Crippen molar-refractivity contribution in [3.05, 3.63) is 77.9 Å². The van der Waals surface area contributed by atoms with E-state index < -0.39 is 18.2 Å². The maximum absolute atomic E-state index is 12.7. The van der Waals surface area contributed by atoms with Crippen molar-refractivity contribution in [1.29, 1.82) is 0 Å².